The fourth-order valence-corrected chi connectivity index (χ4v) is 3.61. The first-order valence-corrected chi connectivity index (χ1v) is 8.67. The first kappa shape index (κ1) is 18.2. The molecule has 1 aliphatic rings. The van der Waals surface area contributed by atoms with Crippen LogP contribution in [0, 0.1) is 0 Å². The van der Waals surface area contributed by atoms with E-state index in [1.165, 1.54) is 17.7 Å². The Kier molecular flexibility index (Phi) is 6.02. The van der Waals surface area contributed by atoms with Gasteiger partial charge in [-0.05, 0) is 32.9 Å². The molecule has 1 amide bonds. The number of rotatable bonds is 4. The Hall–Kier alpha value is -1.15. The number of thiazole rings is 1. The number of hydrogen-bond donors (Lipinski definition) is 0. The van der Waals surface area contributed by atoms with Crippen LogP contribution in [0.1, 0.15) is 43.3 Å². The summed E-state index contributed by atoms with van der Waals surface area (Å²) in [6.07, 6.45) is 0.112. The van der Waals surface area contributed by atoms with Crippen LogP contribution in [-0.2, 0) is 17.5 Å². The van der Waals surface area contributed by atoms with E-state index in [9.17, 15) is 18.0 Å². The van der Waals surface area contributed by atoms with Gasteiger partial charge in [0.15, 0.2) is 5.69 Å². The zero-order chi connectivity index (χ0) is 17.0. The molecule has 0 N–H and O–H groups in total. The summed E-state index contributed by atoms with van der Waals surface area (Å²) in [6, 6.07) is -0.250. The molecule has 0 radical (unpaired) electrons. The molecule has 23 heavy (non-hydrogen) atoms. The summed E-state index contributed by atoms with van der Waals surface area (Å²) >= 11 is 0.934. The van der Waals surface area contributed by atoms with Crippen molar-refractivity contribution in [2.24, 2.45) is 0 Å². The van der Waals surface area contributed by atoms with Crippen LogP contribution in [0.3, 0.4) is 0 Å². The Labute approximate surface area is 138 Å². The number of likely N-dealkylation sites (tertiary alicyclic amines) is 1. The number of aromatic nitrogens is 1. The first-order valence-electron chi connectivity index (χ1n) is 7.79. The summed E-state index contributed by atoms with van der Waals surface area (Å²) in [5.41, 5.74) is -0.890. The Bertz CT molecular complexity index is 524. The minimum absolute atomic E-state index is 0.0735. The Balaban J connectivity index is 1.95. The van der Waals surface area contributed by atoms with Gasteiger partial charge in [-0.2, -0.15) is 13.2 Å². The van der Waals surface area contributed by atoms with E-state index in [-0.39, 0.29) is 18.5 Å². The molecular formula is C15H22F3N3OS. The highest BCUT2D eigenvalue weighted by Crippen LogP contribution is 2.30. The second-order valence-corrected chi connectivity index (χ2v) is 6.89. The minimum atomic E-state index is -4.43. The van der Waals surface area contributed by atoms with E-state index < -0.39 is 11.9 Å². The molecule has 1 aromatic rings. The molecule has 1 aliphatic heterocycles. The van der Waals surface area contributed by atoms with Gasteiger partial charge in [-0.1, -0.05) is 12.8 Å². The average Bonchev–Trinajstić information content (AvgIpc) is 2.80. The van der Waals surface area contributed by atoms with Crippen LogP contribution in [0.4, 0.5) is 13.2 Å². The third-order valence-corrected chi connectivity index (χ3v) is 4.97. The summed E-state index contributed by atoms with van der Waals surface area (Å²) in [5.74, 6) is -0.0735. The molecule has 0 bridgehead atoms. The predicted octanol–water partition coefficient (Wildman–Crippen LogP) is 3.38. The number of hydrogen-bond acceptors (Lipinski definition) is 4. The molecule has 8 heteroatoms. The van der Waals surface area contributed by atoms with Gasteiger partial charge in [-0.15, -0.1) is 11.3 Å². The molecule has 1 aromatic heterocycles. The lowest BCUT2D eigenvalue weighted by atomic mass is 10.2. The molecule has 0 spiro atoms. The molecule has 130 valence electrons. The molecular weight excluding hydrogens is 327 g/mol. The largest absolute Gasteiger partial charge is 0.434 e. The monoisotopic (exact) mass is 349 g/mol. The van der Waals surface area contributed by atoms with Gasteiger partial charge in [0.2, 0.25) is 5.91 Å². The number of amides is 1. The van der Waals surface area contributed by atoms with Crippen molar-refractivity contribution in [1.82, 2.24) is 14.8 Å². The number of alkyl halides is 3. The van der Waals surface area contributed by atoms with E-state index in [0.717, 1.165) is 42.6 Å². The number of halogens is 3. The van der Waals surface area contributed by atoms with Gasteiger partial charge in [0.1, 0.15) is 5.01 Å². The second kappa shape index (κ2) is 7.61. The van der Waals surface area contributed by atoms with Crippen LogP contribution in [0.15, 0.2) is 5.38 Å². The number of nitrogens with zero attached hydrogens (tertiary/aromatic N) is 3. The highest BCUT2D eigenvalue weighted by molar-refractivity contribution is 7.09. The SMILES string of the molecule is C[C@H](C(=O)N(C)Cc1nc(C(F)(F)F)cs1)N1CCCCCC1. The van der Waals surface area contributed by atoms with Gasteiger partial charge >= 0.3 is 6.18 Å². The van der Waals surface area contributed by atoms with Crippen LogP contribution in [-0.4, -0.2) is 46.9 Å². The zero-order valence-corrected chi connectivity index (χ0v) is 14.2. The normalized spacial score (nSPS) is 18.5. The number of likely N-dealkylation sites (N-methyl/N-ethyl adjacent to an activating group) is 1. The number of carbonyl (C=O) groups is 1. The van der Waals surface area contributed by atoms with Crippen LogP contribution < -0.4 is 0 Å². The van der Waals surface area contributed by atoms with E-state index >= 15 is 0 Å². The van der Waals surface area contributed by atoms with E-state index in [2.05, 4.69) is 9.88 Å². The molecule has 0 aliphatic carbocycles. The lowest BCUT2D eigenvalue weighted by molar-refractivity contribution is -0.140. The van der Waals surface area contributed by atoms with E-state index in [1.54, 1.807) is 7.05 Å². The van der Waals surface area contributed by atoms with Gasteiger partial charge in [-0.25, -0.2) is 4.98 Å². The van der Waals surface area contributed by atoms with Crippen molar-refractivity contribution in [3.05, 3.63) is 16.1 Å². The van der Waals surface area contributed by atoms with Crippen molar-refractivity contribution in [3.63, 3.8) is 0 Å². The van der Waals surface area contributed by atoms with Crippen LogP contribution in [0.5, 0.6) is 0 Å². The average molecular weight is 349 g/mol. The second-order valence-electron chi connectivity index (χ2n) is 5.94. The fraction of sp³-hybridized carbons (Fsp3) is 0.733. The highest BCUT2D eigenvalue weighted by atomic mass is 32.1. The molecule has 0 unspecified atom stereocenters. The summed E-state index contributed by atoms with van der Waals surface area (Å²) in [4.78, 5) is 19.7. The van der Waals surface area contributed by atoms with Crippen molar-refractivity contribution in [2.75, 3.05) is 20.1 Å². The maximum atomic E-state index is 12.6. The van der Waals surface area contributed by atoms with Crippen LogP contribution in [0.25, 0.3) is 0 Å². The third kappa shape index (κ3) is 4.91. The summed E-state index contributed by atoms with van der Waals surface area (Å²) in [6.45, 7) is 3.78. The zero-order valence-electron chi connectivity index (χ0n) is 13.4. The fourth-order valence-electron chi connectivity index (χ4n) is 2.75. The van der Waals surface area contributed by atoms with Crippen LogP contribution in [0.2, 0.25) is 0 Å². The van der Waals surface area contributed by atoms with Crippen LogP contribution >= 0.6 is 11.3 Å². The summed E-state index contributed by atoms with van der Waals surface area (Å²) < 4.78 is 37.7. The molecule has 4 nitrogen and oxygen atoms in total. The van der Waals surface area contributed by atoms with Gasteiger partial charge in [0.25, 0.3) is 0 Å². The van der Waals surface area contributed by atoms with Gasteiger partial charge in [0.05, 0.1) is 12.6 Å². The molecule has 1 fully saturated rings. The Morgan fingerprint density at radius 2 is 1.96 bits per heavy atom. The molecule has 2 rings (SSSR count). The molecule has 1 saturated heterocycles. The van der Waals surface area contributed by atoms with Gasteiger partial charge in [-0.3, -0.25) is 9.69 Å². The lowest BCUT2D eigenvalue weighted by Crippen LogP contribution is -2.45. The van der Waals surface area contributed by atoms with Crippen molar-refractivity contribution >= 4 is 17.2 Å². The number of carbonyl (C=O) groups excluding carboxylic acids is 1. The predicted molar refractivity (Wildman–Crippen MR) is 83.1 cm³/mol. The molecule has 0 saturated carbocycles. The Morgan fingerprint density at radius 3 is 2.48 bits per heavy atom. The molecule has 1 atom stereocenters. The minimum Gasteiger partial charge on any atom is -0.338 e. The van der Waals surface area contributed by atoms with Crippen molar-refractivity contribution in [1.29, 1.82) is 0 Å². The first-order chi connectivity index (χ1) is 10.8. The standard InChI is InChI=1S/C15H22F3N3OS/c1-11(21-7-5-3-4-6-8-21)14(22)20(2)9-13-19-12(10-23-13)15(16,17)18/h10-11H,3-9H2,1-2H3/t11-/m1/s1. The lowest BCUT2D eigenvalue weighted by Gasteiger charge is -2.29. The third-order valence-electron chi connectivity index (χ3n) is 4.14. The van der Waals surface area contributed by atoms with Crippen molar-refractivity contribution in [2.45, 2.75) is 51.4 Å². The Morgan fingerprint density at radius 1 is 1.35 bits per heavy atom. The van der Waals surface area contributed by atoms with Crippen molar-refractivity contribution in [3.8, 4) is 0 Å². The molecule has 0 aromatic carbocycles. The smallest absolute Gasteiger partial charge is 0.338 e. The molecule has 2 heterocycles. The van der Waals surface area contributed by atoms with Crippen molar-refractivity contribution < 1.29 is 18.0 Å². The highest BCUT2D eigenvalue weighted by Gasteiger charge is 2.34. The maximum Gasteiger partial charge on any atom is 0.434 e. The quantitative estimate of drug-likeness (QED) is 0.836. The van der Waals surface area contributed by atoms with E-state index in [4.69, 9.17) is 0 Å². The van der Waals surface area contributed by atoms with E-state index in [0.29, 0.717) is 5.01 Å². The topological polar surface area (TPSA) is 36.4 Å². The maximum absolute atomic E-state index is 12.6. The van der Waals surface area contributed by atoms with Gasteiger partial charge in [0, 0.05) is 12.4 Å². The van der Waals surface area contributed by atoms with Gasteiger partial charge < -0.3 is 4.90 Å². The summed E-state index contributed by atoms with van der Waals surface area (Å²) in [7, 11) is 1.62. The summed E-state index contributed by atoms with van der Waals surface area (Å²) in [5, 5.41) is 1.29. The van der Waals surface area contributed by atoms with E-state index in [1.807, 2.05) is 6.92 Å².